The Bertz CT molecular complexity index is 553. The van der Waals surface area contributed by atoms with E-state index in [2.05, 4.69) is 44.8 Å². The highest BCUT2D eigenvalue weighted by molar-refractivity contribution is 9.10. The lowest BCUT2D eigenvalue weighted by atomic mass is 10.1. The van der Waals surface area contributed by atoms with E-state index in [0.717, 1.165) is 19.4 Å². The maximum atomic E-state index is 6.26. The molecule has 0 radical (unpaired) electrons. The van der Waals surface area contributed by atoms with E-state index in [9.17, 15) is 0 Å². The van der Waals surface area contributed by atoms with Crippen LogP contribution in [0.25, 0.3) is 0 Å². The van der Waals surface area contributed by atoms with Gasteiger partial charge in [-0.15, -0.1) is 11.3 Å². The van der Waals surface area contributed by atoms with Crippen molar-refractivity contribution in [3.63, 3.8) is 0 Å². The topological polar surface area (TPSA) is 26.0 Å². The molecular formula is C12H10Br2ClNS. The van der Waals surface area contributed by atoms with Gasteiger partial charge in [-0.2, -0.15) is 0 Å². The number of halogens is 3. The molecule has 0 aliphatic rings. The first-order valence-corrected chi connectivity index (χ1v) is 7.73. The molecule has 0 bridgehead atoms. The zero-order valence-electron chi connectivity index (χ0n) is 9.01. The van der Waals surface area contributed by atoms with Crippen LogP contribution in [0.3, 0.4) is 0 Å². The van der Waals surface area contributed by atoms with E-state index < -0.39 is 0 Å². The maximum absolute atomic E-state index is 6.26. The largest absolute Gasteiger partial charge is 0.320 e. The number of thiophene rings is 1. The Labute approximate surface area is 126 Å². The number of nitrogens with two attached hydrogens (primary N) is 1. The lowest BCUT2D eigenvalue weighted by Gasteiger charge is -2.13. The van der Waals surface area contributed by atoms with Crippen LogP contribution in [0.5, 0.6) is 0 Å². The Kier molecular flexibility index (Phi) is 4.31. The number of aryl methyl sites for hydroxylation is 1. The molecule has 0 amide bonds. The molecule has 2 N–H and O–H groups in total. The van der Waals surface area contributed by atoms with E-state index in [1.165, 1.54) is 4.88 Å². The average Bonchev–Trinajstić information content (AvgIpc) is 2.57. The number of hydrogen-bond donors (Lipinski definition) is 1. The van der Waals surface area contributed by atoms with Crippen molar-refractivity contribution in [3.8, 4) is 0 Å². The van der Waals surface area contributed by atoms with Crippen molar-refractivity contribution in [1.29, 1.82) is 0 Å². The van der Waals surface area contributed by atoms with Gasteiger partial charge in [0.15, 0.2) is 0 Å². The fraction of sp³-hybridized carbons (Fsp3) is 0.167. The first-order chi connectivity index (χ1) is 7.99. The standard InChI is InChI=1S/C12H10Br2ClNS/c1-6-4-9(14)12(17-6)11(16)8-3-2-7(13)5-10(8)15/h2-5,11H,16H2,1H3. The molecule has 90 valence electrons. The molecule has 1 aromatic carbocycles. The molecule has 2 aromatic rings. The summed E-state index contributed by atoms with van der Waals surface area (Å²) in [5, 5.41) is 0.685. The first kappa shape index (κ1) is 13.6. The summed E-state index contributed by atoms with van der Waals surface area (Å²) in [6, 6.07) is 7.66. The molecule has 2 rings (SSSR count). The highest BCUT2D eigenvalue weighted by Crippen LogP contribution is 2.37. The monoisotopic (exact) mass is 393 g/mol. The van der Waals surface area contributed by atoms with E-state index in [1.807, 2.05) is 18.2 Å². The third-order valence-corrected chi connectivity index (χ3v) is 5.29. The van der Waals surface area contributed by atoms with Gasteiger partial charge in [0, 0.05) is 23.7 Å². The Morgan fingerprint density at radius 2 is 2.00 bits per heavy atom. The summed E-state index contributed by atoms with van der Waals surface area (Å²) in [5.41, 5.74) is 7.20. The van der Waals surface area contributed by atoms with E-state index in [-0.39, 0.29) is 6.04 Å². The van der Waals surface area contributed by atoms with Crippen molar-refractivity contribution in [2.75, 3.05) is 0 Å². The van der Waals surface area contributed by atoms with E-state index >= 15 is 0 Å². The van der Waals surface area contributed by atoms with Crippen molar-refractivity contribution in [3.05, 3.63) is 53.6 Å². The summed E-state index contributed by atoms with van der Waals surface area (Å²) in [6.45, 7) is 2.06. The zero-order chi connectivity index (χ0) is 12.6. The molecule has 0 aliphatic heterocycles. The molecular weight excluding hydrogens is 385 g/mol. The Morgan fingerprint density at radius 1 is 1.29 bits per heavy atom. The fourth-order valence-electron chi connectivity index (χ4n) is 1.61. The van der Waals surface area contributed by atoms with Crippen LogP contribution in [0.15, 0.2) is 33.2 Å². The molecule has 0 saturated heterocycles. The van der Waals surface area contributed by atoms with E-state index in [0.29, 0.717) is 5.02 Å². The van der Waals surface area contributed by atoms with Gasteiger partial charge < -0.3 is 5.73 Å². The molecule has 17 heavy (non-hydrogen) atoms. The Balaban J connectivity index is 2.43. The zero-order valence-corrected chi connectivity index (χ0v) is 13.8. The quantitative estimate of drug-likeness (QED) is 0.735. The van der Waals surface area contributed by atoms with Crippen molar-refractivity contribution in [2.24, 2.45) is 5.73 Å². The summed E-state index contributed by atoms with van der Waals surface area (Å²) >= 11 is 14.8. The van der Waals surface area contributed by atoms with Gasteiger partial charge in [0.25, 0.3) is 0 Å². The predicted octanol–water partition coefficient (Wildman–Crippen LogP) is 5.28. The van der Waals surface area contributed by atoms with Crippen LogP contribution >= 0.6 is 54.8 Å². The molecule has 0 spiro atoms. The van der Waals surface area contributed by atoms with Crippen molar-refractivity contribution in [2.45, 2.75) is 13.0 Å². The minimum absolute atomic E-state index is 0.191. The third kappa shape index (κ3) is 2.93. The minimum atomic E-state index is -0.191. The van der Waals surface area contributed by atoms with Gasteiger partial charge in [0.2, 0.25) is 0 Å². The van der Waals surface area contributed by atoms with Gasteiger partial charge >= 0.3 is 0 Å². The summed E-state index contributed by atoms with van der Waals surface area (Å²) in [5.74, 6) is 0. The van der Waals surface area contributed by atoms with Crippen LogP contribution in [0, 0.1) is 6.92 Å². The molecule has 0 fully saturated rings. The molecule has 1 aromatic heterocycles. The summed E-state index contributed by atoms with van der Waals surface area (Å²) in [4.78, 5) is 2.34. The van der Waals surface area contributed by atoms with Crippen molar-refractivity contribution < 1.29 is 0 Å². The summed E-state index contributed by atoms with van der Waals surface area (Å²) < 4.78 is 2.01. The number of hydrogen-bond acceptors (Lipinski definition) is 2. The van der Waals surface area contributed by atoms with Crippen LogP contribution < -0.4 is 5.73 Å². The molecule has 0 saturated carbocycles. The summed E-state index contributed by atoms with van der Waals surface area (Å²) in [6.07, 6.45) is 0. The van der Waals surface area contributed by atoms with Crippen molar-refractivity contribution in [1.82, 2.24) is 0 Å². The van der Waals surface area contributed by atoms with Crippen LogP contribution in [0.1, 0.15) is 21.4 Å². The lowest BCUT2D eigenvalue weighted by molar-refractivity contribution is 0.889. The number of rotatable bonds is 2. The SMILES string of the molecule is Cc1cc(Br)c(C(N)c2ccc(Br)cc2Cl)s1. The van der Waals surface area contributed by atoms with Gasteiger partial charge in [0.1, 0.15) is 0 Å². The molecule has 1 atom stereocenters. The average molecular weight is 396 g/mol. The molecule has 1 unspecified atom stereocenters. The Hall–Kier alpha value is 0.130. The van der Waals surface area contributed by atoms with Crippen LogP contribution in [-0.2, 0) is 0 Å². The van der Waals surface area contributed by atoms with Gasteiger partial charge in [-0.25, -0.2) is 0 Å². The smallest absolute Gasteiger partial charge is 0.0672 e. The van der Waals surface area contributed by atoms with Gasteiger partial charge in [-0.3, -0.25) is 0 Å². The molecule has 1 heterocycles. The predicted molar refractivity (Wildman–Crippen MR) is 81.9 cm³/mol. The molecule has 0 aliphatic carbocycles. The van der Waals surface area contributed by atoms with Gasteiger partial charge in [-0.1, -0.05) is 33.6 Å². The summed E-state index contributed by atoms with van der Waals surface area (Å²) in [7, 11) is 0. The normalized spacial score (nSPS) is 12.8. The van der Waals surface area contributed by atoms with E-state index in [4.69, 9.17) is 17.3 Å². The number of benzene rings is 1. The third-order valence-electron chi connectivity index (χ3n) is 2.42. The van der Waals surface area contributed by atoms with Crippen LogP contribution in [0.2, 0.25) is 5.02 Å². The second-order valence-electron chi connectivity index (χ2n) is 3.71. The minimum Gasteiger partial charge on any atom is -0.320 e. The highest BCUT2D eigenvalue weighted by Gasteiger charge is 2.17. The maximum Gasteiger partial charge on any atom is 0.0672 e. The van der Waals surface area contributed by atoms with Gasteiger partial charge in [0.05, 0.1) is 6.04 Å². The van der Waals surface area contributed by atoms with E-state index in [1.54, 1.807) is 11.3 Å². The van der Waals surface area contributed by atoms with Crippen LogP contribution in [-0.4, -0.2) is 0 Å². The second-order valence-corrected chi connectivity index (χ2v) is 7.18. The lowest BCUT2D eigenvalue weighted by Crippen LogP contribution is -2.11. The Morgan fingerprint density at radius 3 is 2.53 bits per heavy atom. The highest BCUT2D eigenvalue weighted by atomic mass is 79.9. The first-order valence-electron chi connectivity index (χ1n) is 4.95. The second kappa shape index (κ2) is 5.41. The van der Waals surface area contributed by atoms with Crippen molar-refractivity contribution >= 4 is 54.8 Å². The fourth-order valence-corrected chi connectivity index (χ4v) is 4.32. The molecule has 1 nitrogen and oxygen atoms in total. The van der Waals surface area contributed by atoms with Gasteiger partial charge in [-0.05, 0) is 46.6 Å². The van der Waals surface area contributed by atoms with Crippen LogP contribution in [0.4, 0.5) is 0 Å². The molecule has 5 heteroatoms.